The molecule has 0 atom stereocenters. The van der Waals surface area contributed by atoms with Crippen LogP contribution in [-0.2, 0) is 4.74 Å². The average Bonchev–Trinajstić information content (AvgIpc) is 3.27. The monoisotopic (exact) mass is 477 g/mol. The third-order valence-corrected chi connectivity index (χ3v) is 5.79. The number of para-hydroxylation sites is 1. The maximum Gasteiger partial charge on any atom is 0.204 e. The summed E-state index contributed by atoms with van der Waals surface area (Å²) in [5.74, 6) is 2.94. The number of fused-ring (bicyclic) bond motifs is 3. The van der Waals surface area contributed by atoms with Gasteiger partial charge in [-0.3, -0.25) is 9.20 Å². The highest BCUT2D eigenvalue weighted by Crippen LogP contribution is 2.25. The van der Waals surface area contributed by atoms with Crippen LogP contribution in [0.2, 0.25) is 0 Å². The molecular weight excluding hydrogens is 446 g/mol. The molecular formula is C26H31N5O4. The fraction of sp³-hybridized carbons (Fsp3) is 0.385. The summed E-state index contributed by atoms with van der Waals surface area (Å²) < 4.78 is 18.1. The molecule has 0 amide bonds. The van der Waals surface area contributed by atoms with Gasteiger partial charge in [0.25, 0.3) is 0 Å². The largest absolute Gasteiger partial charge is 0.496 e. The molecule has 0 unspecified atom stereocenters. The van der Waals surface area contributed by atoms with Crippen molar-refractivity contribution in [2.24, 2.45) is 0 Å². The molecule has 4 aromatic rings. The standard InChI is InChI=1S/C26H31N5O4/c1-18-29-30-26-25(28-21-17-19(35-16-15-33-2)12-13-22(21)31(18)26)27-14-8-4-5-10-23(32)20-9-6-7-11-24(20)34-3/h6-7,9,11-13,17H,4-5,8,10,14-16H2,1-3H3,(H,27,28). The zero-order chi connectivity index (χ0) is 24.6. The van der Waals surface area contributed by atoms with Crippen LogP contribution >= 0.6 is 0 Å². The Morgan fingerprint density at radius 3 is 2.71 bits per heavy atom. The molecule has 0 spiro atoms. The van der Waals surface area contributed by atoms with E-state index < -0.39 is 0 Å². The van der Waals surface area contributed by atoms with E-state index >= 15 is 0 Å². The molecule has 184 valence electrons. The van der Waals surface area contributed by atoms with Crippen LogP contribution in [0.3, 0.4) is 0 Å². The number of ether oxygens (including phenoxy) is 3. The number of nitrogens with one attached hydrogen (secondary N) is 1. The first-order valence-electron chi connectivity index (χ1n) is 11.8. The number of aryl methyl sites for hydroxylation is 1. The molecule has 0 saturated carbocycles. The second kappa shape index (κ2) is 11.6. The summed E-state index contributed by atoms with van der Waals surface area (Å²) in [6, 6.07) is 13.2. The van der Waals surface area contributed by atoms with Crippen molar-refractivity contribution in [1.29, 1.82) is 0 Å². The molecule has 0 aliphatic heterocycles. The zero-order valence-electron chi connectivity index (χ0n) is 20.4. The Bertz CT molecular complexity index is 1300. The number of ketones is 1. The predicted molar refractivity (Wildman–Crippen MR) is 135 cm³/mol. The average molecular weight is 478 g/mol. The lowest BCUT2D eigenvalue weighted by molar-refractivity contribution is 0.0976. The predicted octanol–water partition coefficient (Wildman–Crippen LogP) is 4.47. The molecule has 2 aromatic heterocycles. The number of hydrogen-bond donors (Lipinski definition) is 1. The molecule has 0 fully saturated rings. The fourth-order valence-electron chi connectivity index (χ4n) is 4.01. The quantitative estimate of drug-likeness (QED) is 0.222. The minimum Gasteiger partial charge on any atom is -0.496 e. The molecule has 2 heterocycles. The van der Waals surface area contributed by atoms with E-state index in [2.05, 4.69) is 15.5 Å². The first kappa shape index (κ1) is 24.4. The van der Waals surface area contributed by atoms with Gasteiger partial charge in [-0.2, -0.15) is 0 Å². The van der Waals surface area contributed by atoms with E-state index in [0.717, 1.165) is 41.9 Å². The summed E-state index contributed by atoms with van der Waals surface area (Å²) in [7, 11) is 3.23. The molecule has 35 heavy (non-hydrogen) atoms. The van der Waals surface area contributed by atoms with E-state index in [9.17, 15) is 4.79 Å². The third-order valence-electron chi connectivity index (χ3n) is 5.79. The molecule has 9 heteroatoms. The van der Waals surface area contributed by atoms with Gasteiger partial charge in [-0.25, -0.2) is 4.98 Å². The Morgan fingerprint density at radius 1 is 1.03 bits per heavy atom. The van der Waals surface area contributed by atoms with E-state index in [4.69, 9.17) is 19.2 Å². The maximum absolute atomic E-state index is 12.5. The lowest BCUT2D eigenvalue weighted by Crippen LogP contribution is -2.08. The number of anilines is 1. The second-order valence-corrected chi connectivity index (χ2v) is 8.22. The third kappa shape index (κ3) is 5.68. The van der Waals surface area contributed by atoms with Crippen LogP contribution < -0.4 is 14.8 Å². The number of benzene rings is 2. The van der Waals surface area contributed by atoms with Crippen LogP contribution in [0.4, 0.5) is 5.82 Å². The van der Waals surface area contributed by atoms with E-state index in [1.54, 1.807) is 14.2 Å². The summed E-state index contributed by atoms with van der Waals surface area (Å²) in [5.41, 5.74) is 3.04. The second-order valence-electron chi connectivity index (χ2n) is 8.22. The Labute approximate surface area is 204 Å². The minimum atomic E-state index is 0.107. The van der Waals surface area contributed by atoms with Crippen molar-refractivity contribution >= 4 is 28.3 Å². The lowest BCUT2D eigenvalue weighted by atomic mass is 10.0. The molecule has 0 saturated heterocycles. The zero-order valence-corrected chi connectivity index (χ0v) is 20.4. The Balaban J connectivity index is 1.37. The highest BCUT2D eigenvalue weighted by Gasteiger charge is 2.14. The van der Waals surface area contributed by atoms with Gasteiger partial charge in [0.05, 0.1) is 30.3 Å². The lowest BCUT2D eigenvalue weighted by Gasteiger charge is -2.11. The van der Waals surface area contributed by atoms with E-state index in [0.29, 0.717) is 49.0 Å². The van der Waals surface area contributed by atoms with Gasteiger partial charge in [-0.15, -0.1) is 10.2 Å². The summed E-state index contributed by atoms with van der Waals surface area (Å²) in [5, 5.41) is 12.0. The number of aromatic nitrogens is 4. The van der Waals surface area contributed by atoms with Crippen molar-refractivity contribution < 1.29 is 19.0 Å². The molecule has 0 bridgehead atoms. The van der Waals surface area contributed by atoms with Crippen molar-refractivity contribution in [2.75, 3.05) is 39.3 Å². The van der Waals surface area contributed by atoms with Gasteiger partial charge in [-0.1, -0.05) is 18.6 Å². The van der Waals surface area contributed by atoms with Gasteiger partial charge in [0.1, 0.15) is 23.9 Å². The van der Waals surface area contributed by atoms with Crippen LogP contribution in [0.25, 0.3) is 16.7 Å². The van der Waals surface area contributed by atoms with Gasteiger partial charge >= 0.3 is 0 Å². The number of unbranched alkanes of at least 4 members (excludes halogenated alkanes) is 2. The first-order chi connectivity index (χ1) is 17.1. The van der Waals surface area contributed by atoms with Crippen LogP contribution in [0.1, 0.15) is 41.9 Å². The number of rotatable bonds is 13. The smallest absolute Gasteiger partial charge is 0.204 e. The summed E-state index contributed by atoms with van der Waals surface area (Å²) in [6.45, 7) is 3.63. The van der Waals surface area contributed by atoms with E-state index in [1.807, 2.05) is 53.8 Å². The number of methoxy groups -OCH3 is 2. The van der Waals surface area contributed by atoms with Crippen LogP contribution in [0, 0.1) is 6.92 Å². The Kier molecular flexibility index (Phi) is 8.10. The molecule has 4 rings (SSSR count). The van der Waals surface area contributed by atoms with Gasteiger partial charge in [0.15, 0.2) is 11.6 Å². The van der Waals surface area contributed by atoms with Gasteiger partial charge in [0, 0.05) is 26.1 Å². The number of carbonyl (C=O) groups is 1. The first-order valence-corrected chi connectivity index (χ1v) is 11.8. The number of nitrogens with zero attached hydrogens (tertiary/aromatic N) is 4. The van der Waals surface area contributed by atoms with Gasteiger partial charge in [0.2, 0.25) is 5.65 Å². The maximum atomic E-state index is 12.5. The van der Waals surface area contributed by atoms with Crippen LogP contribution in [0.15, 0.2) is 42.5 Å². The van der Waals surface area contributed by atoms with Crippen molar-refractivity contribution in [1.82, 2.24) is 19.6 Å². The van der Waals surface area contributed by atoms with Crippen molar-refractivity contribution in [3.63, 3.8) is 0 Å². The molecule has 1 N–H and O–H groups in total. The fourth-order valence-corrected chi connectivity index (χ4v) is 4.01. The normalized spacial score (nSPS) is 11.2. The summed E-state index contributed by atoms with van der Waals surface area (Å²) in [6.07, 6.45) is 3.12. The molecule has 2 aromatic carbocycles. The van der Waals surface area contributed by atoms with Gasteiger partial charge < -0.3 is 19.5 Å². The molecule has 0 aliphatic carbocycles. The Morgan fingerprint density at radius 2 is 1.89 bits per heavy atom. The number of carbonyl (C=O) groups excluding carboxylic acids is 1. The topological polar surface area (TPSA) is 99.9 Å². The minimum absolute atomic E-state index is 0.107. The Hall–Kier alpha value is -3.72. The highest BCUT2D eigenvalue weighted by atomic mass is 16.5. The van der Waals surface area contributed by atoms with Crippen LogP contribution in [-0.4, -0.2) is 59.3 Å². The molecule has 0 aliphatic rings. The van der Waals surface area contributed by atoms with Crippen molar-refractivity contribution in [3.05, 3.63) is 53.9 Å². The summed E-state index contributed by atoms with van der Waals surface area (Å²) in [4.78, 5) is 17.3. The van der Waals surface area contributed by atoms with Crippen molar-refractivity contribution in [2.45, 2.75) is 32.6 Å². The van der Waals surface area contributed by atoms with Crippen molar-refractivity contribution in [3.8, 4) is 11.5 Å². The summed E-state index contributed by atoms with van der Waals surface area (Å²) >= 11 is 0. The molecule has 0 radical (unpaired) electrons. The highest BCUT2D eigenvalue weighted by molar-refractivity contribution is 5.98. The number of hydrogen-bond acceptors (Lipinski definition) is 8. The van der Waals surface area contributed by atoms with Crippen LogP contribution in [0.5, 0.6) is 11.5 Å². The van der Waals surface area contributed by atoms with E-state index in [-0.39, 0.29) is 5.78 Å². The molecule has 9 nitrogen and oxygen atoms in total. The number of Topliss-reactive ketones (excluding diaryl/α,β-unsaturated/α-hetero) is 1. The van der Waals surface area contributed by atoms with E-state index in [1.165, 1.54) is 0 Å². The van der Waals surface area contributed by atoms with Gasteiger partial charge in [-0.05, 0) is 44.0 Å². The SMILES string of the molecule is COCCOc1ccc2c(c1)nc(NCCCCCC(=O)c1ccccc1OC)c1nnc(C)n12.